The van der Waals surface area contributed by atoms with Gasteiger partial charge in [0.25, 0.3) is 0 Å². The number of carbonyl (C=O) groups is 1. The Morgan fingerprint density at radius 1 is 1.30 bits per heavy atom. The van der Waals surface area contributed by atoms with Crippen molar-refractivity contribution in [1.82, 2.24) is 9.38 Å². The molecule has 2 aromatic heterocycles. The van der Waals surface area contributed by atoms with Crippen LogP contribution in [0.15, 0.2) is 23.7 Å². The number of carbonyl (C=O) groups excluding carboxylic acids is 1. The van der Waals surface area contributed by atoms with E-state index >= 15 is 0 Å². The highest BCUT2D eigenvalue weighted by molar-refractivity contribution is 7.15. The molecule has 0 aliphatic heterocycles. The monoisotopic (exact) mass is 286 g/mol. The molecule has 1 aromatic carbocycles. The molecule has 0 bridgehead atoms. The number of rotatable bonds is 3. The van der Waals surface area contributed by atoms with E-state index in [1.807, 2.05) is 42.0 Å². The first-order valence-corrected chi connectivity index (χ1v) is 7.10. The lowest BCUT2D eigenvalue weighted by molar-refractivity contribution is 0.111. The molecule has 0 saturated heterocycles. The summed E-state index contributed by atoms with van der Waals surface area (Å²) in [5.74, 6) is 0.877. The van der Waals surface area contributed by atoms with E-state index in [0.29, 0.717) is 5.69 Å². The zero-order valence-corrected chi connectivity index (χ0v) is 12.3. The molecule has 3 aromatic rings. The zero-order chi connectivity index (χ0) is 14.3. The predicted octanol–water partition coefficient (Wildman–Crippen LogP) is 3.50. The van der Waals surface area contributed by atoms with Crippen LogP contribution in [0.4, 0.5) is 0 Å². The maximum atomic E-state index is 11.4. The molecule has 102 valence electrons. The lowest BCUT2D eigenvalue weighted by Gasteiger charge is -2.10. The maximum Gasteiger partial charge on any atom is 0.194 e. The molecule has 0 unspecified atom stereocenters. The Kier molecular flexibility index (Phi) is 3.06. The molecular weight excluding hydrogens is 272 g/mol. The van der Waals surface area contributed by atoms with E-state index in [4.69, 9.17) is 4.74 Å². The highest BCUT2D eigenvalue weighted by Gasteiger charge is 2.16. The number of thiazole rings is 1. The molecule has 5 heteroatoms. The molecule has 0 spiro atoms. The summed E-state index contributed by atoms with van der Waals surface area (Å²) in [7, 11) is 1.67. The van der Waals surface area contributed by atoms with Crippen LogP contribution in [0.5, 0.6) is 5.75 Å². The van der Waals surface area contributed by atoms with E-state index in [9.17, 15) is 4.79 Å². The van der Waals surface area contributed by atoms with Gasteiger partial charge in [0.2, 0.25) is 0 Å². The van der Waals surface area contributed by atoms with Crippen LogP contribution in [-0.2, 0) is 0 Å². The number of hydrogen-bond acceptors (Lipinski definition) is 4. The first-order valence-electron chi connectivity index (χ1n) is 6.22. The van der Waals surface area contributed by atoms with Crippen molar-refractivity contribution in [3.63, 3.8) is 0 Å². The number of aryl methyl sites for hydroxylation is 2. The second-order valence-corrected chi connectivity index (χ2v) is 5.54. The summed E-state index contributed by atoms with van der Waals surface area (Å²) in [5, 5.41) is 1.92. The molecule has 0 amide bonds. The first kappa shape index (κ1) is 12.9. The normalized spacial score (nSPS) is 10.9. The lowest BCUT2D eigenvalue weighted by Crippen LogP contribution is -1.94. The number of aldehydes is 1. The summed E-state index contributed by atoms with van der Waals surface area (Å²) in [5.41, 5.74) is 4.33. The SMILES string of the molecule is COc1c(C)cc(-c2nc3sccn3c2C=O)cc1C. The van der Waals surface area contributed by atoms with Crippen LogP contribution < -0.4 is 4.74 Å². The van der Waals surface area contributed by atoms with E-state index < -0.39 is 0 Å². The van der Waals surface area contributed by atoms with Crippen LogP contribution >= 0.6 is 11.3 Å². The van der Waals surface area contributed by atoms with Gasteiger partial charge in [0, 0.05) is 17.1 Å². The molecule has 20 heavy (non-hydrogen) atoms. The number of nitrogens with zero attached hydrogens (tertiary/aromatic N) is 2. The highest BCUT2D eigenvalue weighted by atomic mass is 32.1. The molecule has 0 radical (unpaired) electrons. The molecule has 0 saturated carbocycles. The third-order valence-corrected chi connectivity index (χ3v) is 4.11. The second-order valence-electron chi connectivity index (χ2n) is 4.66. The number of fused-ring (bicyclic) bond motifs is 1. The van der Waals surface area contributed by atoms with Crippen molar-refractivity contribution in [3.8, 4) is 17.0 Å². The Balaban J connectivity index is 2.25. The fourth-order valence-corrected chi connectivity index (χ4v) is 3.26. The van der Waals surface area contributed by atoms with Crippen molar-refractivity contribution in [3.05, 3.63) is 40.5 Å². The van der Waals surface area contributed by atoms with Gasteiger partial charge in [-0.1, -0.05) is 0 Å². The molecule has 4 nitrogen and oxygen atoms in total. The van der Waals surface area contributed by atoms with E-state index in [2.05, 4.69) is 4.98 Å². The summed E-state index contributed by atoms with van der Waals surface area (Å²) in [6.07, 6.45) is 2.72. The Hall–Kier alpha value is -2.14. The van der Waals surface area contributed by atoms with Gasteiger partial charge in [0.05, 0.1) is 7.11 Å². The zero-order valence-electron chi connectivity index (χ0n) is 11.5. The number of benzene rings is 1. The molecule has 0 N–H and O–H groups in total. The molecule has 0 fully saturated rings. The van der Waals surface area contributed by atoms with Crippen LogP contribution in [0.1, 0.15) is 21.6 Å². The van der Waals surface area contributed by atoms with Gasteiger partial charge in [-0.2, -0.15) is 0 Å². The largest absolute Gasteiger partial charge is 0.496 e. The number of imidazole rings is 1. The van der Waals surface area contributed by atoms with Gasteiger partial charge in [0.1, 0.15) is 17.1 Å². The number of aromatic nitrogens is 2. The summed E-state index contributed by atoms with van der Waals surface area (Å²) < 4.78 is 7.20. The van der Waals surface area contributed by atoms with Gasteiger partial charge in [-0.3, -0.25) is 9.20 Å². The Labute approximate surface area is 120 Å². The van der Waals surface area contributed by atoms with Gasteiger partial charge in [-0.25, -0.2) is 4.98 Å². The minimum atomic E-state index is 0.588. The Morgan fingerprint density at radius 3 is 2.60 bits per heavy atom. The third kappa shape index (κ3) is 1.82. The van der Waals surface area contributed by atoms with Crippen LogP contribution in [0.2, 0.25) is 0 Å². The molecular formula is C15H14N2O2S. The summed E-state index contributed by atoms with van der Waals surface area (Å²) >= 11 is 1.52. The van der Waals surface area contributed by atoms with Gasteiger partial charge < -0.3 is 4.74 Å². The first-order chi connectivity index (χ1) is 9.65. The number of hydrogen-bond donors (Lipinski definition) is 0. The average Bonchev–Trinajstić information content (AvgIpc) is 2.97. The molecule has 0 atom stereocenters. The summed E-state index contributed by atoms with van der Waals surface area (Å²) in [6.45, 7) is 3.99. The van der Waals surface area contributed by atoms with Crippen molar-refractivity contribution in [1.29, 1.82) is 0 Å². The average molecular weight is 286 g/mol. The van der Waals surface area contributed by atoms with Gasteiger partial charge in [0.15, 0.2) is 11.2 Å². The third-order valence-electron chi connectivity index (χ3n) is 3.35. The maximum absolute atomic E-state index is 11.4. The van der Waals surface area contributed by atoms with Crippen LogP contribution in [0.3, 0.4) is 0 Å². The van der Waals surface area contributed by atoms with E-state index in [-0.39, 0.29) is 0 Å². The van der Waals surface area contributed by atoms with Crippen LogP contribution in [0, 0.1) is 13.8 Å². The van der Waals surface area contributed by atoms with Crippen LogP contribution in [-0.4, -0.2) is 22.8 Å². The molecule has 2 heterocycles. The lowest BCUT2D eigenvalue weighted by atomic mass is 10.0. The van der Waals surface area contributed by atoms with Crippen molar-refractivity contribution in [2.45, 2.75) is 13.8 Å². The topological polar surface area (TPSA) is 43.6 Å². The van der Waals surface area contributed by atoms with E-state index in [1.54, 1.807) is 7.11 Å². The van der Waals surface area contributed by atoms with Gasteiger partial charge in [-0.15, -0.1) is 11.3 Å². The quantitative estimate of drug-likeness (QED) is 0.692. The molecule has 0 aliphatic rings. The fourth-order valence-electron chi connectivity index (χ4n) is 2.54. The minimum absolute atomic E-state index is 0.588. The summed E-state index contributed by atoms with van der Waals surface area (Å²) in [4.78, 5) is 16.8. The fraction of sp³-hybridized carbons (Fsp3) is 0.200. The van der Waals surface area contributed by atoms with E-state index in [0.717, 1.165) is 39.4 Å². The Bertz CT molecular complexity index is 778. The van der Waals surface area contributed by atoms with Crippen molar-refractivity contribution in [2.75, 3.05) is 7.11 Å². The molecule has 0 aliphatic carbocycles. The highest BCUT2D eigenvalue weighted by Crippen LogP contribution is 2.31. The van der Waals surface area contributed by atoms with Crippen molar-refractivity contribution in [2.24, 2.45) is 0 Å². The number of methoxy groups -OCH3 is 1. The van der Waals surface area contributed by atoms with Crippen LogP contribution in [0.25, 0.3) is 16.2 Å². The standard InChI is InChI=1S/C15H14N2O2S/c1-9-6-11(7-10(2)14(9)19-3)13-12(8-18)17-4-5-20-15(17)16-13/h4-8H,1-3H3. The van der Waals surface area contributed by atoms with Crippen molar-refractivity contribution >= 4 is 22.6 Å². The van der Waals surface area contributed by atoms with E-state index in [1.165, 1.54) is 11.3 Å². The van der Waals surface area contributed by atoms with Crippen molar-refractivity contribution < 1.29 is 9.53 Å². The van der Waals surface area contributed by atoms with Gasteiger partial charge >= 0.3 is 0 Å². The Morgan fingerprint density at radius 2 is 2.00 bits per heavy atom. The smallest absolute Gasteiger partial charge is 0.194 e. The minimum Gasteiger partial charge on any atom is -0.496 e. The molecule has 3 rings (SSSR count). The summed E-state index contributed by atoms with van der Waals surface area (Å²) in [6, 6.07) is 4.01. The predicted molar refractivity (Wildman–Crippen MR) is 79.9 cm³/mol. The second kappa shape index (κ2) is 4.76. The number of ether oxygens (including phenoxy) is 1. The van der Waals surface area contributed by atoms with Gasteiger partial charge in [-0.05, 0) is 37.1 Å².